The van der Waals surface area contributed by atoms with Gasteiger partial charge in [-0.15, -0.1) is 0 Å². The van der Waals surface area contributed by atoms with E-state index in [4.69, 9.17) is 5.11 Å². The zero-order valence-corrected chi connectivity index (χ0v) is 10.1. The summed E-state index contributed by atoms with van der Waals surface area (Å²) in [6.45, 7) is -0.402. The van der Waals surface area contributed by atoms with Crippen molar-refractivity contribution in [3.8, 4) is 0 Å². The number of hydrogen-bond donors (Lipinski definition) is 1. The second-order valence-electron chi connectivity index (χ2n) is 4.56. The van der Waals surface area contributed by atoms with Crippen molar-refractivity contribution in [1.82, 2.24) is 4.90 Å². The fraction of sp³-hybridized carbons (Fsp3) is 0.385. The maximum atomic E-state index is 13.4. The number of carboxylic acid groups (broad SMARTS) is 1. The molecule has 1 N–H and O–H groups in total. The lowest BCUT2D eigenvalue weighted by atomic mass is 10.1. The molecule has 0 unspecified atom stereocenters. The molecule has 0 radical (unpaired) electrons. The first kappa shape index (κ1) is 13.5. The van der Waals surface area contributed by atoms with E-state index in [1.807, 2.05) is 0 Å². The molecular formula is C13H13F2NO3. The molecule has 6 heteroatoms. The van der Waals surface area contributed by atoms with Crippen LogP contribution in [0.15, 0.2) is 18.2 Å². The number of amides is 1. The molecule has 1 amide bonds. The van der Waals surface area contributed by atoms with Gasteiger partial charge in [0, 0.05) is 11.6 Å². The van der Waals surface area contributed by atoms with Crippen molar-refractivity contribution in [3.63, 3.8) is 0 Å². The Morgan fingerprint density at radius 3 is 2.58 bits per heavy atom. The van der Waals surface area contributed by atoms with Crippen LogP contribution in [-0.2, 0) is 16.0 Å². The van der Waals surface area contributed by atoms with Gasteiger partial charge in [0.1, 0.15) is 18.2 Å². The topological polar surface area (TPSA) is 57.6 Å². The Labute approximate surface area is 108 Å². The van der Waals surface area contributed by atoms with Crippen molar-refractivity contribution in [1.29, 1.82) is 0 Å². The summed E-state index contributed by atoms with van der Waals surface area (Å²) in [6, 6.07) is 2.80. The Balaban J connectivity index is 2.10. The third-order valence-corrected chi connectivity index (χ3v) is 2.96. The first-order valence-corrected chi connectivity index (χ1v) is 5.92. The summed E-state index contributed by atoms with van der Waals surface area (Å²) >= 11 is 0. The summed E-state index contributed by atoms with van der Waals surface area (Å²) in [6.07, 6.45) is 1.18. The van der Waals surface area contributed by atoms with Crippen molar-refractivity contribution in [2.75, 3.05) is 6.54 Å². The van der Waals surface area contributed by atoms with Crippen LogP contribution >= 0.6 is 0 Å². The number of carbonyl (C=O) groups excluding carboxylic acids is 1. The minimum Gasteiger partial charge on any atom is -0.480 e. The van der Waals surface area contributed by atoms with E-state index < -0.39 is 30.1 Å². The maximum absolute atomic E-state index is 13.4. The predicted molar refractivity (Wildman–Crippen MR) is 62.4 cm³/mol. The van der Waals surface area contributed by atoms with E-state index in [-0.39, 0.29) is 18.0 Å². The third-order valence-electron chi connectivity index (χ3n) is 2.96. The quantitative estimate of drug-likeness (QED) is 0.883. The van der Waals surface area contributed by atoms with Gasteiger partial charge in [-0.2, -0.15) is 0 Å². The number of halogens is 2. The summed E-state index contributed by atoms with van der Waals surface area (Å²) in [5, 5.41) is 8.75. The van der Waals surface area contributed by atoms with Crippen LogP contribution in [-0.4, -0.2) is 34.5 Å². The van der Waals surface area contributed by atoms with Crippen LogP contribution in [0.4, 0.5) is 8.78 Å². The first-order chi connectivity index (χ1) is 8.97. The molecule has 0 bridgehead atoms. The Morgan fingerprint density at radius 1 is 1.32 bits per heavy atom. The van der Waals surface area contributed by atoms with Crippen molar-refractivity contribution in [2.24, 2.45) is 0 Å². The molecule has 0 spiro atoms. The van der Waals surface area contributed by atoms with Gasteiger partial charge in [-0.3, -0.25) is 9.59 Å². The molecule has 0 aliphatic heterocycles. The average molecular weight is 269 g/mol. The summed E-state index contributed by atoms with van der Waals surface area (Å²) < 4.78 is 26.4. The number of nitrogens with zero attached hydrogens (tertiary/aromatic N) is 1. The van der Waals surface area contributed by atoms with E-state index in [0.29, 0.717) is 0 Å². The lowest BCUT2D eigenvalue weighted by molar-refractivity contribution is -0.144. The molecule has 19 heavy (non-hydrogen) atoms. The summed E-state index contributed by atoms with van der Waals surface area (Å²) in [5.41, 5.74) is -0.0546. The fourth-order valence-corrected chi connectivity index (χ4v) is 1.90. The van der Waals surface area contributed by atoms with Crippen molar-refractivity contribution < 1.29 is 23.5 Å². The summed E-state index contributed by atoms with van der Waals surface area (Å²) in [7, 11) is 0. The van der Waals surface area contributed by atoms with E-state index in [9.17, 15) is 18.4 Å². The van der Waals surface area contributed by atoms with Crippen LogP contribution in [0.3, 0.4) is 0 Å². The highest BCUT2D eigenvalue weighted by atomic mass is 19.1. The van der Waals surface area contributed by atoms with Crippen LogP contribution in [0.1, 0.15) is 18.4 Å². The largest absolute Gasteiger partial charge is 0.480 e. The molecule has 1 aromatic rings. The van der Waals surface area contributed by atoms with Gasteiger partial charge in [0.05, 0.1) is 6.42 Å². The maximum Gasteiger partial charge on any atom is 0.323 e. The Morgan fingerprint density at radius 2 is 2.00 bits per heavy atom. The van der Waals surface area contributed by atoms with Gasteiger partial charge in [-0.25, -0.2) is 8.78 Å². The minimum absolute atomic E-state index is 0.0546. The highest BCUT2D eigenvalue weighted by Crippen LogP contribution is 2.27. The number of rotatable bonds is 5. The second-order valence-corrected chi connectivity index (χ2v) is 4.56. The number of benzene rings is 1. The number of aliphatic carboxylic acids is 1. The Hall–Kier alpha value is -1.98. The molecule has 0 atom stereocenters. The van der Waals surface area contributed by atoms with Crippen molar-refractivity contribution in [2.45, 2.75) is 25.3 Å². The number of hydrogen-bond acceptors (Lipinski definition) is 2. The molecule has 1 aliphatic carbocycles. The summed E-state index contributed by atoms with van der Waals surface area (Å²) in [4.78, 5) is 23.9. The lowest BCUT2D eigenvalue weighted by Crippen LogP contribution is -2.38. The molecule has 1 saturated carbocycles. The van der Waals surface area contributed by atoms with Crippen LogP contribution in [0, 0.1) is 11.6 Å². The van der Waals surface area contributed by atoms with Crippen molar-refractivity contribution >= 4 is 11.9 Å². The third kappa shape index (κ3) is 3.49. The zero-order chi connectivity index (χ0) is 14.0. The SMILES string of the molecule is O=C(O)CN(C(=O)Cc1cc(F)ccc1F)C1CC1. The minimum atomic E-state index is -1.11. The molecule has 4 nitrogen and oxygen atoms in total. The number of carboxylic acids is 1. The molecule has 0 aromatic heterocycles. The Bertz CT molecular complexity index is 515. The normalized spacial score (nSPS) is 14.2. The van der Waals surface area contributed by atoms with E-state index in [0.717, 1.165) is 31.0 Å². The van der Waals surface area contributed by atoms with Gasteiger partial charge in [-0.1, -0.05) is 0 Å². The molecular weight excluding hydrogens is 256 g/mol. The van der Waals surface area contributed by atoms with Crippen molar-refractivity contribution in [3.05, 3.63) is 35.4 Å². The van der Waals surface area contributed by atoms with Gasteiger partial charge >= 0.3 is 5.97 Å². The van der Waals surface area contributed by atoms with Gasteiger partial charge in [0.15, 0.2) is 0 Å². The van der Waals surface area contributed by atoms with Crippen LogP contribution in [0.2, 0.25) is 0 Å². The van der Waals surface area contributed by atoms with Gasteiger partial charge < -0.3 is 10.0 Å². The van der Waals surface area contributed by atoms with Crippen LogP contribution < -0.4 is 0 Å². The molecule has 1 aliphatic rings. The van der Waals surface area contributed by atoms with E-state index in [1.165, 1.54) is 4.90 Å². The lowest BCUT2D eigenvalue weighted by Gasteiger charge is -2.20. The van der Waals surface area contributed by atoms with E-state index in [2.05, 4.69) is 0 Å². The van der Waals surface area contributed by atoms with Gasteiger partial charge in [0.25, 0.3) is 0 Å². The fourth-order valence-electron chi connectivity index (χ4n) is 1.90. The molecule has 0 saturated heterocycles. The molecule has 2 rings (SSSR count). The van der Waals surface area contributed by atoms with Crippen LogP contribution in [0.5, 0.6) is 0 Å². The van der Waals surface area contributed by atoms with E-state index in [1.54, 1.807) is 0 Å². The highest BCUT2D eigenvalue weighted by Gasteiger charge is 2.33. The summed E-state index contributed by atoms with van der Waals surface area (Å²) in [5.74, 6) is -2.89. The average Bonchev–Trinajstić information content (AvgIpc) is 3.14. The van der Waals surface area contributed by atoms with Crippen LogP contribution in [0.25, 0.3) is 0 Å². The molecule has 102 valence electrons. The smallest absolute Gasteiger partial charge is 0.323 e. The predicted octanol–water partition coefficient (Wildman–Crippen LogP) is 1.58. The second kappa shape index (κ2) is 5.34. The zero-order valence-electron chi connectivity index (χ0n) is 10.1. The highest BCUT2D eigenvalue weighted by molar-refractivity contribution is 5.83. The molecule has 1 aromatic carbocycles. The van der Waals surface area contributed by atoms with Gasteiger partial charge in [-0.05, 0) is 31.0 Å². The van der Waals surface area contributed by atoms with Gasteiger partial charge in [0.2, 0.25) is 5.91 Å². The monoisotopic (exact) mass is 269 g/mol. The molecule has 1 fully saturated rings. The molecule has 0 heterocycles. The standard InChI is InChI=1S/C13H13F2NO3/c14-9-1-4-11(15)8(5-9)6-12(17)16(7-13(18)19)10-2-3-10/h1,4-5,10H,2-3,6-7H2,(H,18,19). The van der Waals surface area contributed by atoms with E-state index >= 15 is 0 Å². The first-order valence-electron chi connectivity index (χ1n) is 5.92. The number of carbonyl (C=O) groups is 2. The Kier molecular flexibility index (Phi) is 3.78.